The van der Waals surface area contributed by atoms with Gasteiger partial charge >= 0.3 is 0 Å². The van der Waals surface area contributed by atoms with Crippen molar-refractivity contribution in [2.45, 2.75) is 77.6 Å². The Kier molecular flexibility index (Phi) is 9.40. The van der Waals surface area contributed by atoms with Crippen molar-refractivity contribution in [2.24, 2.45) is 11.8 Å². The average molecular weight is 473 g/mol. The molecule has 3 aromatic carbocycles. The topological polar surface area (TPSA) is 9.23 Å². The van der Waals surface area contributed by atoms with Crippen LogP contribution in [0.25, 0.3) is 21.9 Å². The molecule has 0 radical (unpaired) electrons. The Labute approximate surface area is 211 Å². The van der Waals surface area contributed by atoms with E-state index in [4.69, 9.17) is 4.74 Å². The van der Waals surface area contributed by atoms with Crippen LogP contribution in [-0.4, -0.2) is 6.61 Å². The van der Waals surface area contributed by atoms with E-state index >= 15 is 4.39 Å². The van der Waals surface area contributed by atoms with Crippen molar-refractivity contribution in [3.8, 4) is 16.9 Å². The summed E-state index contributed by atoms with van der Waals surface area (Å²) in [6.45, 7) is 6.42. The van der Waals surface area contributed by atoms with Gasteiger partial charge < -0.3 is 4.74 Å². The van der Waals surface area contributed by atoms with Crippen LogP contribution in [0.3, 0.4) is 0 Å². The summed E-state index contributed by atoms with van der Waals surface area (Å²) >= 11 is 0. The van der Waals surface area contributed by atoms with Gasteiger partial charge in [0.15, 0.2) is 0 Å². The van der Waals surface area contributed by atoms with E-state index in [-0.39, 0.29) is 5.82 Å². The molecule has 0 heterocycles. The molecule has 0 atom stereocenters. The van der Waals surface area contributed by atoms with Gasteiger partial charge in [-0.05, 0) is 53.3 Å². The fourth-order valence-corrected chi connectivity index (χ4v) is 5.65. The molecule has 4 rings (SSSR count). The summed E-state index contributed by atoms with van der Waals surface area (Å²) in [5, 5.41) is 1.69. The van der Waals surface area contributed by atoms with Gasteiger partial charge in [-0.3, -0.25) is 0 Å². The summed E-state index contributed by atoms with van der Waals surface area (Å²) in [5.41, 5.74) is 2.82. The van der Waals surface area contributed by atoms with E-state index in [2.05, 4.69) is 31.7 Å². The molecule has 0 aromatic heterocycles. The van der Waals surface area contributed by atoms with Crippen LogP contribution in [0, 0.1) is 17.7 Å². The first-order valence-electron chi connectivity index (χ1n) is 13.7. The molecule has 1 saturated carbocycles. The van der Waals surface area contributed by atoms with E-state index < -0.39 is 0 Å². The van der Waals surface area contributed by atoms with Gasteiger partial charge in [0.25, 0.3) is 0 Å². The van der Waals surface area contributed by atoms with Crippen molar-refractivity contribution in [1.29, 1.82) is 0 Å². The van der Waals surface area contributed by atoms with Crippen LogP contribution in [-0.2, 0) is 6.42 Å². The zero-order valence-corrected chi connectivity index (χ0v) is 21.4. The highest BCUT2D eigenvalue weighted by Crippen LogP contribution is 2.35. The lowest BCUT2D eigenvalue weighted by Gasteiger charge is -2.28. The lowest BCUT2D eigenvalue weighted by molar-refractivity contribution is 0.249. The van der Waals surface area contributed by atoms with Gasteiger partial charge in [0.1, 0.15) is 18.2 Å². The molecule has 0 unspecified atom stereocenters. The molecule has 0 spiro atoms. The van der Waals surface area contributed by atoms with Crippen LogP contribution in [0.1, 0.15) is 76.7 Å². The molecule has 3 aromatic rings. The second kappa shape index (κ2) is 12.9. The highest BCUT2D eigenvalue weighted by atomic mass is 19.1. The minimum absolute atomic E-state index is 0.147. The normalized spacial score (nSPS) is 18.0. The van der Waals surface area contributed by atoms with E-state index in [0.29, 0.717) is 17.6 Å². The Balaban J connectivity index is 1.33. The second-order valence-electron chi connectivity index (χ2n) is 10.4. The highest BCUT2D eigenvalue weighted by Gasteiger charge is 2.20. The van der Waals surface area contributed by atoms with E-state index in [0.717, 1.165) is 35.0 Å². The third-order valence-corrected chi connectivity index (χ3v) is 7.83. The number of ether oxygens (including phenoxy) is 1. The van der Waals surface area contributed by atoms with Gasteiger partial charge in [0.05, 0.1) is 0 Å². The average Bonchev–Trinajstić information content (AvgIpc) is 2.90. The van der Waals surface area contributed by atoms with Crippen LogP contribution in [0.2, 0.25) is 0 Å². The monoisotopic (exact) mass is 472 g/mol. The quantitative estimate of drug-likeness (QED) is 0.188. The number of hydrogen-bond donors (Lipinski definition) is 0. The summed E-state index contributed by atoms with van der Waals surface area (Å²) < 4.78 is 20.9. The molecule has 1 nitrogen and oxygen atoms in total. The number of hydrogen-bond acceptors (Lipinski definition) is 1. The second-order valence-corrected chi connectivity index (χ2v) is 10.4. The molecule has 2 heteroatoms. The molecule has 1 aliphatic carbocycles. The summed E-state index contributed by atoms with van der Waals surface area (Å²) in [6, 6.07) is 17.8. The number of rotatable bonds is 12. The molecule has 186 valence electrons. The fourth-order valence-electron chi connectivity index (χ4n) is 5.65. The third-order valence-electron chi connectivity index (χ3n) is 7.83. The maximum Gasteiger partial charge on any atom is 0.138 e. The maximum atomic E-state index is 15.4. The van der Waals surface area contributed by atoms with Crippen LogP contribution in [0.5, 0.6) is 5.75 Å². The van der Waals surface area contributed by atoms with Crippen LogP contribution < -0.4 is 4.74 Å². The summed E-state index contributed by atoms with van der Waals surface area (Å²) in [5.74, 6) is 2.44. The van der Waals surface area contributed by atoms with Gasteiger partial charge in [0, 0.05) is 10.9 Å². The number of halogens is 1. The molecule has 1 aliphatic rings. The number of unbranched alkanes of at least 4 members (excludes halogenated alkanes) is 3. The predicted octanol–water partition coefficient (Wildman–Crippen LogP) is 9.92. The van der Waals surface area contributed by atoms with Crippen molar-refractivity contribution in [2.75, 3.05) is 6.61 Å². The van der Waals surface area contributed by atoms with Crippen molar-refractivity contribution < 1.29 is 9.13 Å². The van der Waals surface area contributed by atoms with Crippen LogP contribution >= 0.6 is 0 Å². The zero-order chi connectivity index (χ0) is 24.5. The standard InChI is InChI=1S/C33H41FO/c1-3-5-6-7-8-25-9-11-26(12-10-25)13-14-27-15-21-32-29(24-27)18-22-31(33(32)34)28-16-19-30(20-17-28)35-23-4-2/h4,15-22,24-26H,2-3,5-14,23H2,1H3. The van der Waals surface area contributed by atoms with Crippen molar-refractivity contribution in [1.82, 2.24) is 0 Å². The molecule has 0 saturated heterocycles. The highest BCUT2D eigenvalue weighted by molar-refractivity contribution is 5.88. The summed E-state index contributed by atoms with van der Waals surface area (Å²) in [4.78, 5) is 0. The number of fused-ring (bicyclic) bond motifs is 1. The Bertz CT molecular complexity index is 1080. The smallest absolute Gasteiger partial charge is 0.138 e. The Morgan fingerprint density at radius 1 is 0.886 bits per heavy atom. The van der Waals surface area contributed by atoms with Gasteiger partial charge in [-0.25, -0.2) is 4.39 Å². The summed E-state index contributed by atoms with van der Waals surface area (Å²) in [6.07, 6.45) is 16.7. The van der Waals surface area contributed by atoms with Crippen molar-refractivity contribution in [3.63, 3.8) is 0 Å². The van der Waals surface area contributed by atoms with Crippen LogP contribution in [0.4, 0.5) is 4.39 Å². The fraction of sp³-hybridized carbons (Fsp3) is 0.455. The lowest BCUT2D eigenvalue weighted by Crippen LogP contribution is -2.15. The molecular formula is C33H41FO. The van der Waals surface area contributed by atoms with E-state index in [1.807, 2.05) is 36.4 Å². The van der Waals surface area contributed by atoms with Crippen molar-refractivity contribution >= 4 is 10.8 Å². The molecule has 0 bridgehead atoms. The van der Waals surface area contributed by atoms with E-state index in [9.17, 15) is 0 Å². The van der Waals surface area contributed by atoms with Gasteiger partial charge in [-0.2, -0.15) is 0 Å². The van der Waals surface area contributed by atoms with Gasteiger partial charge in [-0.1, -0.05) is 120 Å². The number of benzene rings is 3. The third kappa shape index (κ3) is 6.97. The minimum atomic E-state index is -0.147. The van der Waals surface area contributed by atoms with Gasteiger partial charge in [-0.15, -0.1) is 0 Å². The maximum absolute atomic E-state index is 15.4. The molecule has 35 heavy (non-hydrogen) atoms. The minimum Gasteiger partial charge on any atom is -0.490 e. The van der Waals surface area contributed by atoms with Crippen LogP contribution in [0.15, 0.2) is 67.3 Å². The lowest BCUT2D eigenvalue weighted by atomic mass is 9.77. The molecule has 1 fully saturated rings. The first kappa shape index (κ1) is 25.5. The Hall–Kier alpha value is -2.61. The largest absolute Gasteiger partial charge is 0.490 e. The first-order chi connectivity index (χ1) is 17.2. The Morgan fingerprint density at radius 2 is 1.63 bits per heavy atom. The molecular weight excluding hydrogens is 431 g/mol. The molecule has 0 N–H and O–H groups in total. The van der Waals surface area contributed by atoms with Crippen molar-refractivity contribution in [3.05, 3.63) is 78.6 Å². The van der Waals surface area contributed by atoms with E-state index in [1.165, 1.54) is 69.8 Å². The Morgan fingerprint density at radius 3 is 2.34 bits per heavy atom. The molecule has 0 aliphatic heterocycles. The molecule has 0 amide bonds. The van der Waals surface area contributed by atoms with Gasteiger partial charge in [0.2, 0.25) is 0 Å². The van der Waals surface area contributed by atoms with E-state index in [1.54, 1.807) is 6.08 Å². The summed E-state index contributed by atoms with van der Waals surface area (Å²) in [7, 11) is 0. The predicted molar refractivity (Wildman–Crippen MR) is 148 cm³/mol. The number of aryl methyl sites for hydroxylation is 1. The zero-order valence-electron chi connectivity index (χ0n) is 21.4. The SMILES string of the molecule is C=CCOc1ccc(-c2ccc3cc(CCC4CCC(CCCCCC)CC4)ccc3c2F)cc1. The first-order valence-corrected chi connectivity index (χ1v) is 13.7.